The predicted molar refractivity (Wildman–Crippen MR) is 127 cm³/mol. The van der Waals surface area contributed by atoms with E-state index in [1.807, 2.05) is 6.07 Å². The highest BCUT2D eigenvalue weighted by molar-refractivity contribution is 6.02. The Bertz CT molecular complexity index is 1100. The van der Waals surface area contributed by atoms with Crippen LogP contribution in [0.1, 0.15) is 40.4 Å². The second-order valence-corrected chi connectivity index (χ2v) is 8.43. The van der Waals surface area contributed by atoms with E-state index < -0.39 is 12.0 Å². The lowest BCUT2D eigenvalue weighted by molar-refractivity contribution is -0.136. The summed E-state index contributed by atoms with van der Waals surface area (Å²) in [6.45, 7) is 3.56. The fraction of sp³-hybridized carbons (Fsp3) is 0.440. The molecule has 35 heavy (non-hydrogen) atoms. The van der Waals surface area contributed by atoms with E-state index in [2.05, 4.69) is 4.98 Å². The standard InChI is InChI=1S/C25H30N4O6/c1-5-35-25(32)29-11-9-28(10-12-29)24(31)21-17-13-19(33-3)20(34-4)14-18(17)23(30)27(2)22(21)16-7-6-8-26-15-16/h6-8,13-15,21-22H,5,9-12H2,1-4H3/t21-,22-/m0/s1. The Labute approximate surface area is 204 Å². The quantitative estimate of drug-likeness (QED) is 0.645. The Morgan fingerprint density at radius 2 is 1.71 bits per heavy atom. The third-order valence-corrected chi connectivity index (χ3v) is 6.58. The van der Waals surface area contributed by atoms with E-state index in [4.69, 9.17) is 14.2 Å². The number of aromatic nitrogens is 1. The van der Waals surface area contributed by atoms with E-state index in [9.17, 15) is 14.4 Å². The van der Waals surface area contributed by atoms with Crippen LogP contribution >= 0.6 is 0 Å². The largest absolute Gasteiger partial charge is 0.493 e. The molecule has 0 unspecified atom stereocenters. The number of pyridine rings is 1. The first-order valence-electron chi connectivity index (χ1n) is 11.5. The summed E-state index contributed by atoms with van der Waals surface area (Å²) in [5.74, 6) is -0.174. The number of rotatable bonds is 5. The number of carbonyl (C=O) groups is 3. The second kappa shape index (κ2) is 10.2. The van der Waals surface area contributed by atoms with Gasteiger partial charge in [0.25, 0.3) is 5.91 Å². The number of likely N-dealkylation sites (N-methyl/N-ethyl adjacent to an activating group) is 1. The van der Waals surface area contributed by atoms with Gasteiger partial charge in [0.15, 0.2) is 11.5 Å². The first-order valence-corrected chi connectivity index (χ1v) is 11.5. The molecule has 0 radical (unpaired) electrons. The first kappa shape index (κ1) is 24.3. The first-order chi connectivity index (χ1) is 16.9. The number of fused-ring (bicyclic) bond motifs is 1. The SMILES string of the molecule is CCOC(=O)N1CCN(C(=O)[C@H]2c3cc(OC)c(OC)cc3C(=O)N(C)[C@H]2c2cccnc2)CC1. The van der Waals surface area contributed by atoms with Crippen molar-refractivity contribution in [1.29, 1.82) is 0 Å². The molecular formula is C25H30N4O6. The van der Waals surface area contributed by atoms with Crippen molar-refractivity contribution in [2.45, 2.75) is 18.9 Å². The number of ether oxygens (including phenoxy) is 3. The molecular weight excluding hydrogens is 452 g/mol. The molecule has 4 rings (SSSR count). The third-order valence-electron chi connectivity index (χ3n) is 6.58. The van der Waals surface area contributed by atoms with Crippen molar-refractivity contribution in [1.82, 2.24) is 19.7 Å². The highest BCUT2D eigenvalue weighted by Gasteiger charge is 2.45. The van der Waals surface area contributed by atoms with Crippen LogP contribution in [0.3, 0.4) is 0 Å². The maximum absolute atomic E-state index is 14.1. The van der Waals surface area contributed by atoms with E-state index >= 15 is 0 Å². The lowest BCUT2D eigenvalue weighted by Gasteiger charge is -2.43. The van der Waals surface area contributed by atoms with E-state index in [0.29, 0.717) is 55.4 Å². The summed E-state index contributed by atoms with van der Waals surface area (Å²) in [4.78, 5) is 48.8. The molecule has 3 amide bonds. The summed E-state index contributed by atoms with van der Waals surface area (Å²) >= 11 is 0. The molecule has 3 heterocycles. The van der Waals surface area contributed by atoms with Crippen LogP contribution < -0.4 is 9.47 Å². The van der Waals surface area contributed by atoms with Crippen LogP contribution in [-0.2, 0) is 9.53 Å². The number of hydrogen-bond acceptors (Lipinski definition) is 7. The molecule has 2 aliphatic heterocycles. The van der Waals surface area contributed by atoms with Crippen molar-refractivity contribution in [3.63, 3.8) is 0 Å². The second-order valence-electron chi connectivity index (χ2n) is 8.43. The molecule has 0 spiro atoms. The van der Waals surface area contributed by atoms with Crippen molar-refractivity contribution in [2.24, 2.45) is 0 Å². The summed E-state index contributed by atoms with van der Waals surface area (Å²) in [6.07, 6.45) is 2.96. The van der Waals surface area contributed by atoms with Gasteiger partial charge in [-0.15, -0.1) is 0 Å². The number of piperazine rings is 1. The number of carbonyl (C=O) groups excluding carboxylic acids is 3. The molecule has 0 bridgehead atoms. The molecule has 2 aromatic rings. The smallest absolute Gasteiger partial charge is 0.409 e. The highest BCUT2D eigenvalue weighted by Crippen LogP contribution is 2.46. The number of nitrogens with zero attached hydrogens (tertiary/aromatic N) is 4. The molecule has 186 valence electrons. The zero-order valence-corrected chi connectivity index (χ0v) is 20.4. The Morgan fingerprint density at radius 3 is 2.31 bits per heavy atom. The third kappa shape index (κ3) is 4.48. The Kier molecular flexibility index (Phi) is 7.09. The van der Waals surface area contributed by atoms with Crippen molar-refractivity contribution < 1.29 is 28.6 Å². The van der Waals surface area contributed by atoms with Gasteiger partial charge in [0.1, 0.15) is 0 Å². The molecule has 10 heteroatoms. The molecule has 0 N–H and O–H groups in total. The van der Waals surface area contributed by atoms with E-state index in [1.54, 1.807) is 59.3 Å². The van der Waals surface area contributed by atoms with Crippen molar-refractivity contribution in [3.05, 3.63) is 53.3 Å². The van der Waals surface area contributed by atoms with Crippen molar-refractivity contribution >= 4 is 17.9 Å². The molecule has 1 saturated heterocycles. The molecule has 1 fully saturated rings. The molecule has 0 aliphatic carbocycles. The van der Waals surface area contributed by atoms with Gasteiger partial charge >= 0.3 is 6.09 Å². The van der Waals surface area contributed by atoms with Gasteiger partial charge in [-0.05, 0) is 36.2 Å². The number of hydrogen-bond donors (Lipinski definition) is 0. The lowest BCUT2D eigenvalue weighted by atomic mass is 9.79. The fourth-order valence-corrected chi connectivity index (χ4v) is 4.80. The van der Waals surface area contributed by atoms with Gasteiger partial charge in [-0.1, -0.05) is 6.07 Å². The van der Waals surface area contributed by atoms with Gasteiger partial charge < -0.3 is 28.9 Å². The van der Waals surface area contributed by atoms with Gasteiger partial charge in [0.2, 0.25) is 5.91 Å². The zero-order chi connectivity index (χ0) is 25.1. The molecule has 10 nitrogen and oxygen atoms in total. The average Bonchev–Trinajstić information content (AvgIpc) is 2.90. The van der Waals surface area contributed by atoms with Crippen LogP contribution in [0.4, 0.5) is 4.79 Å². The van der Waals surface area contributed by atoms with Gasteiger partial charge in [-0.25, -0.2) is 4.79 Å². The monoisotopic (exact) mass is 482 g/mol. The minimum Gasteiger partial charge on any atom is -0.493 e. The van der Waals surface area contributed by atoms with Crippen LogP contribution in [-0.4, -0.2) is 91.6 Å². The summed E-state index contributed by atoms with van der Waals surface area (Å²) in [7, 11) is 4.72. The summed E-state index contributed by atoms with van der Waals surface area (Å²) in [5.41, 5.74) is 1.73. The molecule has 2 atom stereocenters. The van der Waals surface area contributed by atoms with Gasteiger partial charge in [0.05, 0.1) is 32.8 Å². The maximum Gasteiger partial charge on any atom is 0.409 e. The van der Waals surface area contributed by atoms with Gasteiger partial charge in [-0.2, -0.15) is 0 Å². The van der Waals surface area contributed by atoms with Crippen LogP contribution in [0, 0.1) is 0 Å². The normalized spacial score (nSPS) is 19.8. The Balaban J connectivity index is 1.74. The summed E-state index contributed by atoms with van der Waals surface area (Å²) < 4.78 is 16.0. The topological polar surface area (TPSA) is 102 Å². The molecule has 2 aliphatic rings. The number of benzene rings is 1. The average molecular weight is 483 g/mol. The van der Waals surface area contributed by atoms with Crippen LogP contribution in [0.5, 0.6) is 11.5 Å². The minimum atomic E-state index is -0.689. The lowest BCUT2D eigenvalue weighted by Crippen LogP contribution is -2.54. The summed E-state index contributed by atoms with van der Waals surface area (Å²) in [6, 6.07) is 6.45. The molecule has 1 aromatic heterocycles. The van der Waals surface area contributed by atoms with Crippen molar-refractivity contribution in [2.75, 3.05) is 54.1 Å². The number of methoxy groups -OCH3 is 2. The van der Waals surface area contributed by atoms with E-state index in [-0.39, 0.29) is 17.9 Å². The molecule has 1 aromatic carbocycles. The maximum atomic E-state index is 14.1. The number of amides is 3. The Hall–Kier alpha value is -3.82. The van der Waals surface area contributed by atoms with Crippen LogP contribution in [0.2, 0.25) is 0 Å². The van der Waals surface area contributed by atoms with Crippen LogP contribution in [0.25, 0.3) is 0 Å². The minimum absolute atomic E-state index is 0.129. The fourth-order valence-electron chi connectivity index (χ4n) is 4.80. The van der Waals surface area contributed by atoms with E-state index in [0.717, 1.165) is 5.56 Å². The van der Waals surface area contributed by atoms with Crippen molar-refractivity contribution in [3.8, 4) is 11.5 Å². The molecule has 0 saturated carbocycles. The highest BCUT2D eigenvalue weighted by atomic mass is 16.6. The predicted octanol–water partition coefficient (Wildman–Crippen LogP) is 2.31. The zero-order valence-electron chi connectivity index (χ0n) is 20.4. The van der Waals surface area contributed by atoms with Crippen LogP contribution in [0.15, 0.2) is 36.7 Å². The van der Waals surface area contributed by atoms with Gasteiger partial charge in [0, 0.05) is 51.2 Å². The Morgan fingerprint density at radius 1 is 1.06 bits per heavy atom. The van der Waals surface area contributed by atoms with Gasteiger partial charge in [-0.3, -0.25) is 14.6 Å². The van der Waals surface area contributed by atoms with E-state index in [1.165, 1.54) is 14.2 Å². The summed E-state index contributed by atoms with van der Waals surface area (Å²) in [5, 5.41) is 0.